The third kappa shape index (κ3) is 1.38. The maximum atomic E-state index is 10.6. The van der Waals surface area contributed by atoms with Crippen molar-refractivity contribution in [2.45, 2.75) is 6.92 Å². The second-order valence-corrected chi connectivity index (χ2v) is 3.59. The molecule has 0 aliphatic rings. The summed E-state index contributed by atoms with van der Waals surface area (Å²) >= 11 is 9.52. The first-order valence-electron chi connectivity index (χ1n) is 2.44. The standard InChI is InChI=1S/C5H3BrClNOS/c1-2-3(6)4(5(7)9)10-8-2/h1H3. The average Bonchev–Trinajstić information content (AvgIpc) is 2.14. The molecular formula is C5H3BrClNOS. The van der Waals surface area contributed by atoms with Crippen LogP contribution in [-0.4, -0.2) is 9.62 Å². The molecule has 0 aromatic carbocycles. The highest BCUT2D eigenvalue weighted by molar-refractivity contribution is 9.10. The van der Waals surface area contributed by atoms with Crippen LogP contribution in [0.15, 0.2) is 4.47 Å². The van der Waals surface area contributed by atoms with Gasteiger partial charge in [-0.15, -0.1) is 0 Å². The molecule has 0 fully saturated rings. The van der Waals surface area contributed by atoms with E-state index in [1.165, 1.54) is 0 Å². The van der Waals surface area contributed by atoms with Gasteiger partial charge in [-0.2, -0.15) is 4.37 Å². The van der Waals surface area contributed by atoms with Crippen LogP contribution in [0.2, 0.25) is 0 Å². The summed E-state index contributed by atoms with van der Waals surface area (Å²) in [4.78, 5) is 11.1. The first kappa shape index (κ1) is 8.17. The number of hydrogen-bond acceptors (Lipinski definition) is 3. The van der Waals surface area contributed by atoms with Gasteiger partial charge < -0.3 is 0 Å². The van der Waals surface area contributed by atoms with Gasteiger partial charge in [0.05, 0.1) is 10.2 Å². The Bertz CT molecular complexity index is 273. The van der Waals surface area contributed by atoms with Crippen molar-refractivity contribution in [2.75, 3.05) is 0 Å². The number of aromatic nitrogens is 1. The Labute approximate surface area is 75.5 Å². The van der Waals surface area contributed by atoms with Crippen LogP contribution in [0, 0.1) is 6.92 Å². The Morgan fingerprint density at radius 2 is 2.40 bits per heavy atom. The molecule has 1 rings (SSSR count). The highest BCUT2D eigenvalue weighted by atomic mass is 79.9. The SMILES string of the molecule is Cc1nsc(C(=O)Cl)c1Br. The van der Waals surface area contributed by atoms with Crippen LogP contribution < -0.4 is 0 Å². The summed E-state index contributed by atoms with van der Waals surface area (Å²) in [5.41, 5.74) is 0.800. The Morgan fingerprint density at radius 1 is 1.80 bits per heavy atom. The smallest absolute Gasteiger partial charge is 0.265 e. The van der Waals surface area contributed by atoms with E-state index in [2.05, 4.69) is 20.3 Å². The molecule has 1 aromatic heterocycles. The third-order valence-electron chi connectivity index (χ3n) is 0.969. The van der Waals surface area contributed by atoms with Crippen LogP contribution in [0.5, 0.6) is 0 Å². The Balaban J connectivity index is 3.17. The molecule has 5 heteroatoms. The second-order valence-electron chi connectivity index (χ2n) is 1.68. The fraction of sp³-hybridized carbons (Fsp3) is 0.200. The van der Waals surface area contributed by atoms with Gasteiger partial charge in [0.1, 0.15) is 4.88 Å². The fourth-order valence-electron chi connectivity index (χ4n) is 0.481. The van der Waals surface area contributed by atoms with E-state index in [-0.39, 0.29) is 0 Å². The predicted molar refractivity (Wildman–Crippen MR) is 44.7 cm³/mol. The number of carbonyl (C=O) groups is 1. The van der Waals surface area contributed by atoms with Crippen LogP contribution in [-0.2, 0) is 0 Å². The second kappa shape index (κ2) is 2.98. The lowest BCUT2D eigenvalue weighted by molar-refractivity contribution is 0.108. The molecule has 0 bridgehead atoms. The minimum Gasteiger partial charge on any atom is -0.275 e. The number of hydrogen-bond donors (Lipinski definition) is 0. The predicted octanol–water partition coefficient (Wildman–Crippen LogP) is 2.59. The maximum absolute atomic E-state index is 10.6. The Hall–Kier alpha value is 0.0700. The van der Waals surface area contributed by atoms with Crippen molar-refractivity contribution in [1.29, 1.82) is 0 Å². The van der Waals surface area contributed by atoms with Gasteiger partial charge >= 0.3 is 0 Å². The van der Waals surface area contributed by atoms with Crippen LogP contribution in [0.3, 0.4) is 0 Å². The van der Waals surface area contributed by atoms with Crippen LogP contribution in [0.4, 0.5) is 0 Å². The average molecular weight is 241 g/mol. The molecule has 1 aromatic rings. The molecule has 0 radical (unpaired) electrons. The van der Waals surface area contributed by atoms with Gasteiger partial charge in [0, 0.05) is 0 Å². The van der Waals surface area contributed by atoms with E-state index in [4.69, 9.17) is 11.6 Å². The van der Waals surface area contributed by atoms with E-state index in [0.29, 0.717) is 9.35 Å². The monoisotopic (exact) mass is 239 g/mol. The van der Waals surface area contributed by atoms with Gasteiger partial charge in [-0.25, -0.2) is 0 Å². The number of aryl methyl sites for hydroxylation is 1. The molecule has 0 unspecified atom stereocenters. The lowest BCUT2D eigenvalue weighted by Gasteiger charge is -1.84. The van der Waals surface area contributed by atoms with E-state index in [1.54, 1.807) is 0 Å². The summed E-state index contributed by atoms with van der Waals surface area (Å²) in [5, 5.41) is -0.461. The van der Waals surface area contributed by atoms with Gasteiger partial charge in [-0.3, -0.25) is 4.79 Å². The molecule has 0 amide bonds. The largest absolute Gasteiger partial charge is 0.275 e. The third-order valence-corrected chi connectivity index (χ3v) is 3.44. The molecule has 0 aliphatic carbocycles. The van der Waals surface area contributed by atoms with Crippen molar-refractivity contribution in [1.82, 2.24) is 4.37 Å². The molecular weight excluding hydrogens is 237 g/mol. The van der Waals surface area contributed by atoms with Crippen LogP contribution in [0.1, 0.15) is 15.4 Å². The molecule has 0 aliphatic heterocycles. The summed E-state index contributed by atoms with van der Waals surface area (Å²) in [6.07, 6.45) is 0. The first-order chi connectivity index (χ1) is 4.63. The highest BCUT2D eigenvalue weighted by Crippen LogP contribution is 2.25. The number of nitrogens with zero attached hydrogens (tertiary/aromatic N) is 1. The molecule has 0 atom stereocenters. The van der Waals surface area contributed by atoms with Gasteiger partial charge in [0.25, 0.3) is 5.24 Å². The van der Waals surface area contributed by atoms with E-state index in [9.17, 15) is 4.79 Å². The first-order valence-corrected chi connectivity index (χ1v) is 4.39. The van der Waals surface area contributed by atoms with E-state index in [1.807, 2.05) is 6.92 Å². The van der Waals surface area contributed by atoms with Gasteiger partial charge in [-0.05, 0) is 46.0 Å². The number of halogens is 2. The summed E-state index contributed by atoms with van der Waals surface area (Å²) < 4.78 is 4.63. The van der Waals surface area contributed by atoms with E-state index >= 15 is 0 Å². The number of rotatable bonds is 1. The van der Waals surface area contributed by atoms with E-state index in [0.717, 1.165) is 17.2 Å². The summed E-state index contributed by atoms with van der Waals surface area (Å²) in [6, 6.07) is 0. The maximum Gasteiger partial charge on any atom is 0.265 e. The molecule has 0 saturated heterocycles. The van der Waals surface area contributed by atoms with Crippen LogP contribution >= 0.6 is 39.1 Å². The summed E-state index contributed by atoms with van der Waals surface area (Å²) in [5.74, 6) is 0. The molecule has 0 N–H and O–H groups in total. The lowest BCUT2D eigenvalue weighted by atomic mass is 10.4. The van der Waals surface area contributed by atoms with Crippen molar-refractivity contribution < 1.29 is 4.79 Å². The molecule has 10 heavy (non-hydrogen) atoms. The molecule has 2 nitrogen and oxygen atoms in total. The normalized spacial score (nSPS) is 9.90. The van der Waals surface area contributed by atoms with Gasteiger partial charge in [0.15, 0.2) is 0 Å². The molecule has 54 valence electrons. The minimum absolute atomic E-state index is 0.461. The van der Waals surface area contributed by atoms with Crippen molar-refractivity contribution in [3.63, 3.8) is 0 Å². The summed E-state index contributed by atoms with van der Waals surface area (Å²) in [6.45, 7) is 1.81. The zero-order valence-electron chi connectivity index (χ0n) is 5.02. The van der Waals surface area contributed by atoms with Gasteiger partial charge in [-0.1, -0.05) is 0 Å². The van der Waals surface area contributed by atoms with Crippen molar-refractivity contribution in [2.24, 2.45) is 0 Å². The van der Waals surface area contributed by atoms with Crippen molar-refractivity contribution in [3.8, 4) is 0 Å². The van der Waals surface area contributed by atoms with Crippen molar-refractivity contribution in [3.05, 3.63) is 15.0 Å². The van der Waals surface area contributed by atoms with Gasteiger partial charge in [0.2, 0.25) is 0 Å². The van der Waals surface area contributed by atoms with E-state index < -0.39 is 5.24 Å². The fourth-order valence-corrected chi connectivity index (χ4v) is 2.02. The summed E-state index contributed by atoms with van der Waals surface area (Å²) in [7, 11) is 0. The topological polar surface area (TPSA) is 30.0 Å². The highest BCUT2D eigenvalue weighted by Gasteiger charge is 2.12. The Kier molecular flexibility index (Phi) is 2.44. The number of carbonyl (C=O) groups excluding carboxylic acids is 1. The molecule has 0 spiro atoms. The minimum atomic E-state index is -0.461. The lowest BCUT2D eigenvalue weighted by Crippen LogP contribution is -1.82. The van der Waals surface area contributed by atoms with Crippen LogP contribution in [0.25, 0.3) is 0 Å². The zero-order chi connectivity index (χ0) is 7.72. The zero-order valence-corrected chi connectivity index (χ0v) is 8.18. The molecule has 0 saturated carbocycles. The Morgan fingerprint density at radius 3 is 2.60 bits per heavy atom. The quantitative estimate of drug-likeness (QED) is 0.706. The van der Waals surface area contributed by atoms with Crippen molar-refractivity contribution >= 4 is 44.3 Å². The molecule has 1 heterocycles.